The molecule has 0 radical (unpaired) electrons. The molecule has 0 aromatic carbocycles. The van der Waals surface area contributed by atoms with Gasteiger partial charge in [0.1, 0.15) is 0 Å². The van der Waals surface area contributed by atoms with Crippen LogP contribution in [0.15, 0.2) is 0 Å². The summed E-state index contributed by atoms with van der Waals surface area (Å²) in [7, 11) is 0. The molecule has 2 saturated carbocycles. The van der Waals surface area contributed by atoms with Crippen molar-refractivity contribution in [2.24, 2.45) is 0 Å². The molecule has 14 nitrogen and oxygen atoms in total. The first-order valence-corrected chi connectivity index (χ1v) is 14.5. The van der Waals surface area contributed by atoms with Crippen LogP contribution in [0.4, 0.5) is 0 Å². The van der Waals surface area contributed by atoms with Crippen LogP contribution in [-0.2, 0) is 38.2 Å². The fraction of sp³-hybridized carbons (Fsp3) is 0.778. The molecule has 0 bridgehead atoms. The normalized spacial score (nSPS) is 28.5. The largest absolute Gasteiger partial charge is 0.480 e. The Kier molecular flexibility index (Phi) is 10.8. The highest BCUT2D eigenvalue weighted by Gasteiger charge is 2.41. The first kappa shape index (κ1) is 31.0. The molecule has 0 spiro atoms. The summed E-state index contributed by atoms with van der Waals surface area (Å²) in [6, 6.07) is -0.707. The number of carbonyl (C=O) groups excluding carboxylic acids is 4. The molecular weight excluding hydrogens is 540 g/mol. The van der Waals surface area contributed by atoms with E-state index in [1.165, 1.54) is 0 Å². The molecule has 0 amide bonds. The Labute approximate surface area is 238 Å². The summed E-state index contributed by atoms with van der Waals surface area (Å²) >= 11 is 0. The third kappa shape index (κ3) is 8.53. The van der Waals surface area contributed by atoms with Crippen molar-refractivity contribution >= 4 is 35.8 Å². The number of carboxylic acids is 2. The Bertz CT molecular complexity index is 912. The Morgan fingerprint density at radius 2 is 0.976 bits per heavy atom. The van der Waals surface area contributed by atoms with Crippen molar-refractivity contribution < 1.29 is 48.5 Å². The minimum absolute atomic E-state index is 0.0180. The fourth-order valence-electron chi connectivity index (χ4n) is 7.06. The van der Waals surface area contributed by atoms with Crippen molar-refractivity contribution in [3.05, 3.63) is 0 Å². The maximum Gasteiger partial charge on any atom is 0.327 e. The molecule has 0 aromatic rings. The number of hydrogen-bond donors (Lipinski definition) is 2. The van der Waals surface area contributed by atoms with Gasteiger partial charge in [0, 0.05) is 37.3 Å². The number of carboxylic acid groups (broad SMARTS) is 2. The van der Waals surface area contributed by atoms with Crippen LogP contribution in [0.3, 0.4) is 0 Å². The van der Waals surface area contributed by atoms with Crippen molar-refractivity contribution in [2.75, 3.05) is 52.4 Å². The summed E-state index contributed by atoms with van der Waals surface area (Å²) in [5.74, 6) is -4.40. The van der Waals surface area contributed by atoms with Crippen molar-refractivity contribution in [1.82, 2.24) is 19.6 Å². The number of carbonyl (C=O) groups is 6. The van der Waals surface area contributed by atoms with E-state index in [-0.39, 0.29) is 63.4 Å². The van der Waals surface area contributed by atoms with Crippen molar-refractivity contribution in [1.29, 1.82) is 0 Å². The minimum atomic E-state index is -0.986. The lowest BCUT2D eigenvalue weighted by molar-refractivity contribution is -0.171. The highest BCUT2D eigenvalue weighted by Crippen LogP contribution is 2.30. The lowest BCUT2D eigenvalue weighted by Gasteiger charge is -2.46. The second kappa shape index (κ2) is 14.3. The Hall–Kier alpha value is -2.94. The monoisotopic (exact) mass is 580 g/mol. The lowest BCUT2D eigenvalue weighted by atomic mass is 9.87. The SMILES string of the molecule is O=C(O)CN(CCCN(CC(=O)O)C1CCCCC1N1CC(=O)OC(=O)C1)C1CCCCC1N1CC(=O)OC(=O)C1. The van der Waals surface area contributed by atoms with Crippen LogP contribution in [0.1, 0.15) is 57.8 Å². The molecule has 228 valence electrons. The van der Waals surface area contributed by atoms with E-state index in [0.29, 0.717) is 19.5 Å². The maximum atomic E-state index is 11.9. The van der Waals surface area contributed by atoms with Crippen molar-refractivity contribution in [3.63, 3.8) is 0 Å². The first-order valence-electron chi connectivity index (χ1n) is 14.5. The lowest BCUT2D eigenvalue weighted by Crippen LogP contribution is -2.59. The standard InChI is InChI=1S/C27H40N4O10/c32-22(33)12-28(18-6-1-3-8-20(18)30-14-24(36)40-25(37)15-30)10-5-11-29(13-23(34)35)19-7-2-4-9-21(19)31-16-26(38)41-27(39)17-31/h18-21H,1-17H2,(H,32,33)(H,34,35). The molecule has 4 rings (SSSR count). The van der Waals surface area contributed by atoms with Gasteiger partial charge in [0.25, 0.3) is 0 Å². The molecule has 0 aromatic heterocycles. The van der Waals surface area contributed by atoms with Crippen molar-refractivity contribution in [2.45, 2.75) is 82.0 Å². The first-order chi connectivity index (χ1) is 19.6. The van der Waals surface area contributed by atoms with Gasteiger partial charge in [-0.3, -0.25) is 48.4 Å². The van der Waals surface area contributed by atoms with E-state index >= 15 is 0 Å². The predicted molar refractivity (Wildman–Crippen MR) is 140 cm³/mol. The summed E-state index contributed by atoms with van der Waals surface area (Å²) < 4.78 is 9.37. The smallest absolute Gasteiger partial charge is 0.327 e. The van der Waals surface area contributed by atoms with Crippen LogP contribution in [0.25, 0.3) is 0 Å². The van der Waals surface area contributed by atoms with Crippen LogP contribution in [-0.4, -0.2) is 142 Å². The van der Waals surface area contributed by atoms with E-state index in [4.69, 9.17) is 0 Å². The third-order valence-electron chi connectivity index (χ3n) is 8.62. The summed E-state index contributed by atoms with van der Waals surface area (Å²) in [5.41, 5.74) is 0. The van der Waals surface area contributed by atoms with Crippen LogP contribution >= 0.6 is 0 Å². The van der Waals surface area contributed by atoms with E-state index in [0.717, 1.165) is 51.4 Å². The van der Waals surface area contributed by atoms with E-state index in [1.54, 1.807) is 9.80 Å². The molecule has 4 aliphatic rings. The number of cyclic esters (lactones) is 4. The van der Waals surface area contributed by atoms with E-state index in [1.807, 2.05) is 9.80 Å². The molecule has 2 heterocycles. The summed E-state index contributed by atoms with van der Waals surface area (Å²) in [4.78, 5) is 78.9. The zero-order valence-electron chi connectivity index (χ0n) is 23.3. The number of ether oxygens (including phenoxy) is 2. The average Bonchev–Trinajstić information content (AvgIpc) is 2.90. The van der Waals surface area contributed by atoms with E-state index < -0.39 is 35.8 Å². The van der Waals surface area contributed by atoms with Gasteiger partial charge in [-0.1, -0.05) is 25.7 Å². The van der Waals surface area contributed by atoms with Gasteiger partial charge in [0.15, 0.2) is 0 Å². The van der Waals surface area contributed by atoms with E-state index in [2.05, 4.69) is 9.47 Å². The van der Waals surface area contributed by atoms with Gasteiger partial charge in [-0.05, 0) is 32.1 Å². The molecule has 41 heavy (non-hydrogen) atoms. The van der Waals surface area contributed by atoms with E-state index in [9.17, 15) is 39.0 Å². The zero-order valence-corrected chi connectivity index (χ0v) is 23.3. The molecule has 2 aliphatic carbocycles. The second-order valence-electron chi connectivity index (χ2n) is 11.4. The molecule has 2 saturated heterocycles. The Morgan fingerprint density at radius 3 is 1.32 bits per heavy atom. The van der Waals surface area contributed by atoms with Gasteiger partial charge in [-0.25, -0.2) is 0 Å². The van der Waals surface area contributed by atoms with Gasteiger partial charge in [-0.2, -0.15) is 0 Å². The number of nitrogens with zero attached hydrogens (tertiary/aromatic N) is 4. The zero-order chi connectivity index (χ0) is 29.5. The minimum Gasteiger partial charge on any atom is -0.480 e. The Morgan fingerprint density at radius 1 is 0.634 bits per heavy atom. The third-order valence-corrected chi connectivity index (χ3v) is 8.62. The van der Waals surface area contributed by atoms with Crippen LogP contribution in [0, 0.1) is 0 Å². The highest BCUT2D eigenvalue weighted by molar-refractivity contribution is 5.90. The molecule has 4 unspecified atom stereocenters. The number of morpholine rings is 2. The second-order valence-corrected chi connectivity index (χ2v) is 11.4. The summed E-state index contributed by atoms with van der Waals surface area (Å²) in [6.45, 7) is 0.285. The van der Waals surface area contributed by atoms with Gasteiger partial charge in [0.2, 0.25) is 0 Å². The molecule has 4 atom stereocenters. The highest BCUT2D eigenvalue weighted by atomic mass is 16.6. The van der Waals surface area contributed by atoms with Crippen LogP contribution in [0.2, 0.25) is 0 Å². The van der Waals surface area contributed by atoms with Crippen LogP contribution < -0.4 is 0 Å². The van der Waals surface area contributed by atoms with Gasteiger partial charge < -0.3 is 19.7 Å². The van der Waals surface area contributed by atoms with Crippen LogP contribution in [0.5, 0.6) is 0 Å². The molecule has 4 fully saturated rings. The number of esters is 4. The fourth-order valence-corrected chi connectivity index (χ4v) is 7.06. The van der Waals surface area contributed by atoms with Crippen molar-refractivity contribution in [3.8, 4) is 0 Å². The average molecular weight is 581 g/mol. The quantitative estimate of drug-likeness (QED) is 0.224. The summed E-state index contributed by atoms with van der Waals surface area (Å²) in [6.07, 6.45) is 7.01. The van der Waals surface area contributed by atoms with Gasteiger partial charge >= 0.3 is 35.8 Å². The predicted octanol–water partition coefficient (Wildman–Crippen LogP) is -0.457. The van der Waals surface area contributed by atoms with Gasteiger partial charge in [-0.15, -0.1) is 0 Å². The number of aliphatic carboxylic acids is 2. The number of rotatable bonds is 12. The molecular formula is C27H40N4O10. The maximum absolute atomic E-state index is 11.9. The Balaban J connectivity index is 1.45. The number of hydrogen-bond acceptors (Lipinski definition) is 12. The molecule has 2 aliphatic heterocycles. The molecule has 2 N–H and O–H groups in total. The topological polar surface area (TPSA) is 174 Å². The molecule has 14 heteroatoms. The van der Waals surface area contributed by atoms with Gasteiger partial charge in [0.05, 0.1) is 39.3 Å². The summed E-state index contributed by atoms with van der Waals surface area (Å²) in [5, 5.41) is 19.4.